The van der Waals surface area contributed by atoms with Gasteiger partial charge in [0, 0.05) is 49.9 Å². The van der Waals surface area contributed by atoms with E-state index in [1.807, 2.05) is 12.4 Å². The van der Waals surface area contributed by atoms with E-state index in [0.717, 1.165) is 44.7 Å². The number of pyridine rings is 2. The smallest absolute Gasteiger partial charge is 0.0789 e. The van der Waals surface area contributed by atoms with E-state index in [0.29, 0.717) is 0 Å². The summed E-state index contributed by atoms with van der Waals surface area (Å²) in [5.74, 6) is 0. The van der Waals surface area contributed by atoms with Crippen LogP contribution in [0.4, 0.5) is 0 Å². The number of hydrogen-bond donors (Lipinski definition) is 0. The lowest BCUT2D eigenvalue weighted by molar-refractivity contribution is 1.15. The molecule has 0 radical (unpaired) electrons. The van der Waals surface area contributed by atoms with Crippen LogP contribution < -0.4 is 0 Å². The molecule has 0 N–H and O–H groups in total. The largest absolute Gasteiger partial charge is 0.309 e. The van der Waals surface area contributed by atoms with E-state index in [2.05, 4.69) is 184 Å². The van der Waals surface area contributed by atoms with Gasteiger partial charge in [0.15, 0.2) is 0 Å². The van der Waals surface area contributed by atoms with Crippen LogP contribution in [0.25, 0.3) is 111 Å². The first kappa shape index (κ1) is 29.3. The highest BCUT2D eigenvalue weighted by atomic mass is 15.0. The van der Waals surface area contributed by atoms with E-state index in [4.69, 9.17) is 4.98 Å². The minimum Gasteiger partial charge on any atom is -0.309 e. The molecule has 0 fully saturated rings. The Morgan fingerprint density at radius 1 is 0.352 bits per heavy atom. The van der Waals surface area contributed by atoms with E-state index in [-0.39, 0.29) is 0 Å². The van der Waals surface area contributed by atoms with Crippen LogP contribution in [-0.4, -0.2) is 19.1 Å². The quantitative estimate of drug-likeness (QED) is 0.185. The third-order valence-corrected chi connectivity index (χ3v) is 11.3. The van der Waals surface area contributed by atoms with Crippen molar-refractivity contribution in [3.8, 4) is 56.0 Å². The highest BCUT2D eigenvalue weighted by Crippen LogP contribution is 2.47. The van der Waals surface area contributed by atoms with Crippen molar-refractivity contribution in [1.29, 1.82) is 0 Å². The second kappa shape index (κ2) is 11.1. The van der Waals surface area contributed by atoms with E-state index >= 15 is 0 Å². The Morgan fingerprint density at radius 2 is 0.963 bits per heavy atom. The van der Waals surface area contributed by atoms with Crippen LogP contribution >= 0.6 is 0 Å². The molecule has 250 valence electrons. The first-order valence-electron chi connectivity index (χ1n) is 18.4. The fourth-order valence-corrected chi connectivity index (χ4v) is 8.94. The maximum Gasteiger partial charge on any atom is 0.0789 e. The van der Waals surface area contributed by atoms with Crippen LogP contribution in [0.2, 0.25) is 0 Å². The summed E-state index contributed by atoms with van der Waals surface area (Å²) >= 11 is 0. The standard InChI is InChI=1S/C50H30N4/c1-2-10-31(11-3-1)32-12-8-13-35(26-32)53-45-18-6-4-14-37(45)41-27-33(20-22-47(41)53)34-21-23-48-42(28-34)38-15-5-7-19-46(38)54(48)36-29-43-39-24-25-51-44-17-9-16-40(49(39)44)50(43)52-30-36/h1-30H. The molecule has 54 heavy (non-hydrogen) atoms. The Labute approximate surface area is 310 Å². The molecule has 11 aromatic rings. The van der Waals surface area contributed by atoms with Gasteiger partial charge >= 0.3 is 0 Å². The molecule has 4 heterocycles. The van der Waals surface area contributed by atoms with Gasteiger partial charge in [-0.05, 0) is 94.5 Å². The number of hydrogen-bond acceptors (Lipinski definition) is 2. The Bertz CT molecular complexity index is 3330. The molecular weight excluding hydrogens is 657 g/mol. The van der Waals surface area contributed by atoms with Crippen molar-refractivity contribution in [3.05, 3.63) is 182 Å². The second-order valence-corrected chi connectivity index (χ2v) is 14.2. The molecule has 12 rings (SSSR count). The monoisotopic (exact) mass is 686 g/mol. The molecule has 0 aliphatic heterocycles. The van der Waals surface area contributed by atoms with Crippen LogP contribution in [0, 0.1) is 0 Å². The minimum absolute atomic E-state index is 1.01. The molecule has 7 aromatic carbocycles. The summed E-state index contributed by atoms with van der Waals surface area (Å²) in [6, 6.07) is 61.5. The zero-order valence-corrected chi connectivity index (χ0v) is 29.1. The number of para-hydroxylation sites is 2. The highest BCUT2D eigenvalue weighted by Gasteiger charge is 2.24. The summed E-state index contributed by atoms with van der Waals surface area (Å²) in [6.07, 6.45) is 3.93. The van der Waals surface area contributed by atoms with E-state index in [9.17, 15) is 0 Å². The SMILES string of the molecule is c1ccc(-c2cccc(-n3c4ccccc4c4cc(-c5ccc6c(c5)c5ccccc5n6-c5cnc6c(c5)-c5ccnc7cccc-6c57)ccc43)c2)cc1. The minimum atomic E-state index is 1.01. The van der Waals surface area contributed by atoms with Crippen LogP contribution in [0.1, 0.15) is 0 Å². The van der Waals surface area contributed by atoms with E-state index in [1.54, 1.807) is 0 Å². The number of aromatic nitrogens is 4. The predicted octanol–water partition coefficient (Wildman–Crippen LogP) is 12.8. The molecule has 0 bridgehead atoms. The summed E-state index contributed by atoms with van der Waals surface area (Å²) in [5.41, 5.74) is 17.3. The van der Waals surface area contributed by atoms with Crippen molar-refractivity contribution in [1.82, 2.24) is 19.1 Å². The lowest BCUT2D eigenvalue weighted by Gasteiger charge is -2.11. The summed E-state index contributed by atoms with van der Waals surface area (Å²) in [4.78, 5) is 9.72. The number of benzene rings is 7. The molecule has 0 spiro atoms. The number of rotatable bonds is 4. The van der Waals surface area contributed by atoms with Gasteiger partial charge in [-0.15, -0.1) is 0 Å². The molecule has 0 unspecified atom stereocenters. The molecule has 0 atom stereocenters. The van der Waals surface area contributed by atoms with Gasteiger partial charge < -0.3 is 9.13 Å². The van der Waals surface area contributed by atoms with E-state index < -0.39 is 0 Å². The fraction of sp³-hybridized carbons (Fsp3) is 0. The third kappa shape index (κ3) is 4.13. The van der Waals surface area contributed by atoms with Crippen LogP contribution in [0.5, 0.6) is 0 Å². The van der Waals surface area contributed by atoms with Gasteiger partial charge in [0.25, 0.3) is 0 Å². The van der Waals surface area contributed by atoms with Crippen molar-refractivity contribution < 1.29 is 0 Å². The predicted molar refractivity (Wildman–Crippen MR) is 224 cm³/mol. The van der Waals surface area contributed by atoms with Crippen LogP contribution in [0.3, 0.4) is 0 Å². The Hall–Kier alpha value is -7.30. The second-order valence-electron chi connectivity index (χ2n) is 14.2. The Morgan fingerprint density at radius 3 is 1.70 bits per heavy atom. The third-order valence-electron chi connectivity index (χ3n) is 11.3. The topological polar surface area (TPSA) is 35.6 Å². The van der Waals surface area contributed by atoms with Gasteiger partial charge in [0.2, 0.25) is 0 Å². The first-order chi connectivity index (χ1) is 26.8. The molecule has 0 saturated carbocycles. The number of fused-ring (bicyclic) bond motifs is 9. The Kier molecular flexibility index (Phi) is 6.02. The maximum absolute atomic E-state index is 5.08. The van der Waals surface area contributed by atoms with Crippen molar-refractivity contribution in [2.24, 2.45) is 0 Å². The van der Waals surface area contributed by atoms with Crippen molar-refractivity contribution in [3.63, 3.8) is 0 Å². The normalized spacial score (nSPS) is 12.1. The van der Waals surface area contributed by atoms with Gasteiger partial charge in [0.1, 0.15) is 0 Å². The summed E-state index contributed by atoms with van der Waals surface area (Å²) in [6.45, 7) is 0. The summed E-state index contributed by atoms with van der Waals surface area (Å²) < 4.78 is 4.77. The average molecular weight is 687 g/mol. The van der Waals surface area contributed by atoms with Crippen molar-refractivity contribution >= 4 is 54.5 Å². The zero-order chi connectivity index (χ0) is 35.3. The molecule has 0 amide bonds. The summed E-state index contributed by atoms with van der Waals surface area (Å²) in [5, 5.41) is 6.12. The van der Waals surface area contributed by atoms with Crippen molar-refractivity contribution in [2.75, 3.05) is 0 Å². The molecule has 4 nitrogen and oxygen atoms in total. The van der Waals surface area contributed by atoms with Crippen molar-refractivity contribution in [2.45, 2.75) is 0 Å². The molecular formula is C50H30N4. The van der Waals surface area contributed by atoms with Gasteiger partial charge in [-0.25, -0.2) is 0 Å². The lowest BCUT2D eigenvalue weighted by atomic mass is 10.0. The van der Waals surface area contributed by atoms with Crippen LogP contribution in [-0.2, 0) is 0 Å². The molecule has 1 aliphatic carbocycles. The highest BCUT2D eigenvalue weighted by molar-refractivity contribution is 6.15. The van der Waals surface area contributed by atoms with Gasteiger partial charge in [-0.3, -0.25) is 9.97 Å². The first-order valence-corrected chi connectivity index (χ1v) is 18.4. The van der Waals surface area contributed by atoms with Gasteiger partial charge in [-0.1, -0.05) is 103 Å². The van der Waals surface area contributed by atoms with Gasteiger partial charge in [-0.2, -0.15) is 0 Å². The number of nitrogens with zero attached hydrogens (tertiary/aromatic N) is 4. The Balaban J connectivity index is 1.01. The van der Waals surface area contributed by atoms with Crippen LogP contribution in [0.15, 0.2) is 182 Å². The molecule has 4 aromatic heterocycles. The molecule has 4 heteroatoms. The lowest BCUT2D eigenvalue weighted by Crippen LogP contribution is -1.96. The fourth-order valence-electron chi connectivity index (χ4n) is 8.94. The maximum atomic E-state index is 5.08. The summed E-state index contributed by atoms with van der Waals surface area (Å²) in [7, 11) is 0. The molecule has 0 saturated heterocycles. The van der Waals surface area contributed by atoms with Gasteiger partial charge in [0.05, 0.1) is 45.2 Å². The van der Waals surface area contributed by atoms with E-state index in [1.165, 1.54) is 65.8 Å². The zero-order valence-electron chi connectivity index (χ0n) is 29.1. The molecule has 1 aliphatic rings. The average Bonchev–Trinajstić information content (AvgIpc) is 3.87.